The predicted molar refractivity (Wildman–Crippen MR) is 89.1 cm³/mol. The Kier molecular flexibility index (Phi) is 9.01. The van der Waals surface area contributed by atoms with E-state index in [1.165, 1.54) is 14.2 Å². The maximum Gasteiger partial charge on any atom is 0.295 e. The summed E-state index contributed by atoms with van der Waals surface area (Å²) >= 11 is 0. The van der Waals surface area contributed by atoms with Crippen LogP contribution in [-0.4, -0.2) is 117 Å². The highest BCUT2D eigenvalue weighted by molar-refractivity contribution is 5.58. The fourth-order valence-electron chi connectivity index (χ4n) is 3.24. The van der Waals surface area contributed by atoms with Gasteiger partial charge in [-0.05, 0) is 0 Å². The number of carbonyl (C=O) groups excluding carboxylic acids is 3. The van der Waals surface area contributed by atoms with E-state index in [1.807, 2.05) is 0 Å². The lowest BCUT2D eigenvalue weighted by Gasteiger charge is -2.46. The number of rotatable bonds is 10. The third-order valence-corrected chi connectivity index (χ3v) is 4.67. The Morgan fingerprint density at radius 1 is 0.897 bits per heavy atom. The maximum atomic E-state index is 11.3. The topological polar surface area (TPSA) is 179 Å². The van der Waals surface area contributed by atoms with Gasteiger partial charge in [0.2, 0.25) is 6.29 Å². The number of nitrogens with one attached hydrogen (secondary N) is 1. The molecule has 2 rings (SSSR count). The van der Waals surface area contributed by atoms with Crippen molar-refractivity contribution in [3.63, 3.8) is 0 Å². The molecule has 0 amide bonds. The number of carbonyl (C=O) groups is 3. The largest absolute Gasteiger partial charge is 0.435 e. The maximum absolute atomic E-state index is 11.3. The number of hydrogen-bond donors (Lipinski definition) is 4. The molecular weight excluding hydrogens is 398 g/mol. The molecular formula is C16H25NO12. The van der Waals surface area contributed by atoms with Crippen LogP contribution >= 0.6 is 0 Å². The first-order chi connectivity index (χ1) is 13.9. The van der Waals surface area contributed by atoms with Gasteiger partial charge in [0.25, 0.3) is 6.47 Å². The minimum Gasteiger partial charge on any atom is -0.435 e. The molecule has 0 aromatic rings. The molecule has 2 saturated heterocycles. The molecule has 13 heteroatoms. The lowest BCUT2D eigenvalue weighted by Crippen LogP contribution is -2.67. The minimum atomic E-state index is -1.66. The second-order valence-corrected chi connectivity index (χ2v) is 6.32. The third kappa shape index (κ3) is 5.14. The first-order valence-electron chi connectivity index (χ1n) is 8.71. The van der Waals surface area contributed by atoms with Crippen molar-refractivity contribution in [3.05, 3.63) is 0 Å². The molecule has 0 aromatic heterocycles. The van der Waals surface area contributed by atoms with Crippen LogP contribution in [0.15, 0.2) is 0 Å². The number of ether oxygens (including phenoxy) is 6. The third-order valence-electron chi connectivity index (χ3n) is 4.67. The first kappa shape index (κ1) is 23.7. The summed E-state index contributed by atoms with van der Waals surface area (Å²) in [6, 6.07) is -0.963. The van der Waals surface area contributed by atoms with Gasteiger partial charge in [-0.2, -0.15) is 0 Å². The predicted octanol–water partition coefficient (Wildman–Crippen LogP) is -3.95. The van der Waals surface area contributed by atoms with Crippen LogP contribution in [0.25, 0.3) is 0 Å². The SMILES string of the molecule is COC1OC(C=O)C(O)C(OC2OC(OC=O)C(OC)C(O)C2O)C1NCC=O. The van der Waals surface area contributed by atoms with Crippen molar-refractivity contribution in [1.29, 1.82) is 0 Å². The fourth-order valence-corrected chi connectivity index (χ4v) is 3.24. The molecule has 0 radical (unpaired) electrons. The van der Waals surface area contributed by atoms with Crippen molar-refractivity contribution < 1.29 is 58.1 Å². The van der Waals surface area contributed by atoms with Gasteiger partial charge in [0.05, 0.1) is 12.6 Å². The molecule has 0 spiro atoms. The zero-order valence-corrected chi connectivity index (χ0v) is 15.7. The number of methoxy groups -OCH3 is 2. The van der Waals surface area contributed by atoms with Gasteiger partial charge >= 0.3 is 0 Å². The van der Waals surface area contributed by atoms with Crippen LogP contribution in [0, 0.1) is 0 Å². The van der Waals surface area contributed by atoms with Gasteiger partial charge in [0.1, 0.15) is 42.9 Å². The van der Waals surface area contributed by atoms with E-state index in [4.69, 9.17) is 28.4 Å². The van der Waals surface area contributed by atoms with Crippen LogP contribution in [0.2, 0.25) is 0 Å². The summed E-state index contributed by atoms with van der Waals surface area (Å²) in [6.45, 7) is -0.0924. The van der Waals surface area contributed by atoms with Crippen molar-refractivity contribution in [2.75, 3.05) is 20.8 Å². The summed E-state index contributed by atoms with van der Waals surface area (Å²) in [5, 5.41) is 33.8. The fraction of sp³-hybridized carbons (Fsp3) is 0.812. The van der Waals surface area contributed by atoms with Crippen molar-refractivity contribution >= 4 is 19.0 Å². The molecule has 2 fully saturated rings. The van der Waals surface area contributed by atoms with Gasteiger partial charge in [-0.1, -0.05) is 0 Å². The molecule has 13 nitrogen and oxygen atoms in total. The van der Waals surface area contributed by atoms with Crippen LogP contribution in [0.3, 0.4) is 0 Å². The number of aliphatic hydroxyl groups excluding tert-OH is 3. The monoisotopic (exact) mass is 423 g/mol. The van der Waals surface area contributed by atoms with Crippen molar-refractivity contribution in [3.8, 4) is 0 Å². The molecule has 2 aliphatic rings. The van der Waals surface area contributed by atoms with Crippen molar-refractivity contribution in [2.45, 2.75) is 61.5 Å². The average Bonchev–Trinajstić information content (AvgIpc) is 2.72. The summed E-state index contributed by atoms with van der Waals surface area (Å²) in [5.41, 5.74) is 0. The summed E-state index contributed by atoms with van der Waals surface area (Å²) in [4.78, 5) is 32.7. The van der Waals surface area contributed by atoms with E-state index in [-0.39, 0.29) is 13.0 Å². The van der Waals surface area contributed by atoms with Gasteiger partial charge in [0.15, 0.2) is 18.9 Å². The Labute approximate surface area is 165 Å². The molecule has 2 heterocycles. The zero-order valence-electron chi connectivity index (χ0n) is 15.7. The second kappa shape index (κ2) is 11.0. The number of aliphatic hydroxyl groups is 3. The molecule has 0 bridgehead atoms. The molecule has 4 N–H and O–H groups in total. The molecule has 0 saturated carbocycles. The van der Waals surface area contributed by atoms with Crippen LogP contribution < -0.4 is 5.32 Å². The molecule has 29 heavy (non-hydrogen) atoms. The Balaban J connectivity index is 2.26. The van der Waals surface area contributed by atoms with Gasteiger partial charge in [0, 0.05) is 14.2 Å². The first-order valence-corrected chi connectivity index (χ1v) is 8.71. The molecule has 0 aliphatic carbocycles. The lowest BCUT2D eigenvalue weighted by molar-refractivity contribution is -0.366. The smallest absolute Gasteiger partial charge is 0.295 e. The Hall–Kier alpha value is -1.55. The Morgan fingerprint density at radius 2 is 1.62 bits per heavy atom. The second-order valence-electron chi connectivity index (χ2n) is 6.32. The summed E-state index contributed by atoms with van der Waals surface area (Å²) in [6.07, 6.45) is -11.8. The van der Waals surface area contributed by atoms with E-state index >= 15 is 0 Å². The van der Waals surface area contributed by atoms with Crippen molar-refractivity contribution in [1.82, 2.24) is 5.32 Å². The normalized spacial score (nSPS) is 42.8. The van der Waals surface area contributed by atoms with Gasteiger partial charge < -0.3 is 58.6 Å². The molecule has 2 aliphatic heterocycles. The van der Waals surface area contributed by atoms with E-state index in [2.05, 4.69) is 5.32 Å². The van der Waals surface area contributed by atoms with E-state index in [0.29, 0.717) is 12.6 Å². The van der Waals surface area contributed by atoms with Gasteiger partial charge in [-0.3, -0.25) is 4.79 Å². The Bertz CT molecular complexity index is 550. The zero-order chi connectivity index (χ0) is 21.6. The quantitative estimate of drug-likeness (QED) is 0.250. The highest BCUT2D eigenvalue weighted by Gasteiger charge is 2.52. The van der Waals surface area contributed by atoms with Gasteiger partial charge in [-0.25, -0.2) is 0 Å². The average molecular weight is 423 g/mol. The Morgan fingerprint density at radius 3 is 2.17 bits per heavy atom. The van der Waals surface area contributed by atoms with Crippen LogP contribution in [0.4, 0.5) is 0 Å². The number of aldehydes is 2. The van der Waals surface area contributed by atoms with Crippen LogP contribution in [0.1, 0.15) is 0 Å². The summed E-state index contributed by atoms with van der Waals surface area (Å²) < 4.78 is 31.2. The lowest BCUT2D eigenvalue weighted by atomic mass is 9.96. The summed E-state index contributed by atoms with van der Waals surface area (Å²) in [7, 11) is 2.50. The van der Waals surface area contributed by atoms with Crippen LogP contribution in [-0.2, 0) is 42.8 Å². The number of hydrogen-bond acceptors (Lipinski definition) is 13. The molecule has 10 unspecified atom stereocenters. The standard InChI is InChI=1S/C16H25NO12/c1-24-13-10(22)11(23)15(29-16(13)26-6-20)28-12-8(17-3-4-18)14(25-2)27-7(5-19)9(12)21/h4-17,21-23H,3H2,1-2H3. The van der Waals surface area contributed by atoms with Crippen LogP contribution in [0.5, 0.6) is 0 Å². The van der Waals surface area contributed by atoms with E-state index in [9.17, 15) is 29.7 Å². The van der Waals surface area contributed by atoms with E-state index in [1.54, 1.807) is 0 Å². The molecule has 166 valence electrons. The summed E-state index contributed by atoms with van der Waals surface area (Å²) in [5.74, 6) is 0. The molecule has 10 atom stereocenters. The highest BCUT2D eigenvalue weighted by atomic mass is 16.8. The van der Waals surface area contributed by atoms with Crippen molar-refractivity contribution in [2.24, 2.45) is 0 Å². The van der Waals surface area contributed by atoms with Gasteiger partial charge in [-0.15, -0.1) is 0 Å². The minimum absolute atomic E-state index is 0.0687. The highest BCUT2D eigenvalue weighted by Crippen LogP contribution is 2.30. The van der Waals surface area contributed by atoms with E-state index in [0.717, 1.165) is 0 Å². The van der Waals surface area contributed by atoms with E-state index < -0.39 is 61.5 Å². The molecule has 0 aromatic carbocycles.